The molecule has 11 nitrogen and oxygen atoms in total. The lowest BCUT2D eigenvalue weighted by atomic mass is 10.1. The Bertz CT molecular complexity index is 1460. The average Bonchev–Trinajstić information content (AvgIpc) is 3.34. The van der Waals surface area contributed by atoms with Gasteiger partial charge in [-0.15, -0.1) is 10.2 Å². The number of anilines is 2. The minimum absolute atomic E-state index is 0.00524. The summed E-state index contributed by atoms with van der Waals surface area (Å²) in [7, 11) is -6.72. The Balaban J connectivity index is 1.55. The summed E-state index contributed by atoms with van der Waals surface area (Å²) in [5.74, 6) is -0.325. The summed E-state index contributed by atoms with van der Waals surface area (Å²) in [5.41, 5.74) is 1.32. The fourth-order valence-corrected chi connectivity index (χ4v) is 7.11. The van der Waals surface area contributed by atoms with E-state index in [1.54, 1.807) is 24.3 Å². The number of methoxy groups -OCH3 is 1. The van der Waals surface area contributed by atoms with E-state index in [1.807, 2.05) is 6.92 Å². The van der Waals surface area contributed by atoms with Gasteiger partial charge in [-0.25, -0.2) is 8.42 Å². The topological polar surface area (TPSA) is 148 Å². The van der Waals surface area contributed by atoms with Crippen LogP contribution in [0.4, 0.5) is 10.8 Å². The molecule has 2 heterocycles. The van der Waals surface area contributed by atoms with Gasteiger partial charge >= 0.3 is 0 Å². The summed E-state index contributed by atoms with van der Waals surface area (Å²) in [6, 6.07) is 10.8. The summed E-state index contributed by atoms with van der Waals surface area (Å²) in [4.78, 5) is 12.4. The van der Waals surface area contributed by atoms with Crippen LogP contribution >= 0.6 is 11.3 Å². The molecule has 36 heavy (non-hydrogen) atoms. The lowest BCUT2D eigenvalue weighted by Crippen LogP contribution is -2.35. The molecule has 0 bridgehead atoms. The van der Waals surface area contributed by atoms with Gasteiger partial charge in [-0.1, -0.05) is 35.5 Å². The fraction of sp³-hybridized carbons (Fsp3) is 0.318. The van der Waals surface area contributed by atoms with Crippen LogP contribution in [0.5, 0.6) is 5.75 Å². The zero-order valence-electron chi connectivity index (χ0n) is 19.6. The Morgan fingerprint density at radius 3 is 2.36 bits per heavy atom. The van der Waals surface area contributed by atoms with Gasteiger partial charge in [-0.2, -0.15) is 12.7 Å². The number of carbonyl (C=O) groups is 1. The van der Waals surface area contributed by atoms with E-state index in [0.29, 0.717) is 30.0 Å². The van der Waals surface area contributed by atoms with Crippen molar-refractivity contribution in [1.29, 1.82) is 0 Å². The third kappa shape index (κ3) is 5.67. The van der Waals surface area contributed by atoms with Crippen molar-refractivity contribution in [1.82, 2.24) is 14.5 Å². The first kappa shape index (κ1) is 26.0. The molecule has 0 spiro atoms. The number of aryl methyl sites for hydroxylation is 1. The molecular weight excluding hydrogens is 526 g/mol. The standard InChI is InChI=1S/C22H25N5O6S3/c1-15-6-8-16(9-7-15)20(28)23-21-24-25-22(34-21)35(29,30)26-18-14-17(10-11-19(18)33-2)36(31,32)27-12-4-3-5-13-27/h6-11,14,26H,3-5,12-13H2,1-2H3,(H,23,24,28). The molecule has 2 N–H and O–H groups in total. The molecular formula is C22H25N5O6S3. The second kappa shape index (κ2) is 10.5. The number of nitrogens with zero attached hydrogens (tertiary/aromatic N) is 3. The molecule has 0 saturated carbocycles. The number of sulfonamides is 2. The van der Waals surface area contributed by atoms with Crippen molar-refractivity contribution < 1.29 is 26.4 Å². The van der Waals surface area contributed by atoms with Crippen LogP contribution in [0.3, 0.4) is 0 Å². The summed E-state index contributed by atoms with van der Waals surface area (Å²) in [6.45, 7) is 2.72. The normalized spacial score (nSPS) is 14.8. The van der Waals surface area contributed by atoms with Gasteiger partial charge in [0.15, 0.2) is 0 Å². The first-order chi connectivity index (χ1) is 17.1. The van der Waals surface area contributed by atoms with Crippen LogP contribution in [-0.2, 0) is 20.0 Å². The maximum Gasteiger partial charge on any atom is 0.291 e. The van der Waals surface area contributed by atoms with Crippen molar-refractivity contribution in [3.8, 4) is 5.75 Å². The van der Waals surface area contributed by atoms with Crippen LogP contribution in [0.15, 0.2) is 51.7 Å². The smallest absolute Gasteiger partial charge is 0.291 e. The minimum Gasteiger partial charge on any atom is -0.495 e. The number of rotatable bonds is 8. The third-order valence-electron chi connectivity index (χ3n) is 5.54. The second-order valence-corrected chi connectivity index (χ2v) is 12.9. The average molecular weight is 552 g/mol. The molecule has 1 fully saturated rings. The predicted octanol–water partition coefficient (Wildman–Crippen LogP) is 3.08. The number of amides is 1. The summed E-state index contributed by atoms with van der Waals surface area (Å²) >= 11 is 0.659. The van der Waals surface area contributed by atoms with E-state index >= 15 is 0 Å². The maximum atomic E-state index is 13.1. The van der Waals surface area contributed by atoms with E-state index in [4.69, 9.17) is 4.74 Å². The van der Waals surface area contributed by atoms with Gasteiger partial charge in [0.25, 0.3) is 20.3 Å². The largest absolute Gasteiger partial charge is 0.495 e. The van der Waals surface area contributed by atoms with Crippen molar-refractivity contribution in [3.63, 3.8) is 0 Å². The molecule has 1 amide bonds. The van der Waals surface area contributed by atoms with E-state index in [9.17, 15) is 21.6 Å². The minimum atomic E-state index is -4.26. The lowest BCUT2D eigenvalue weighted by Gasteiger charge is -2.26. The number of piperidine rings is 1. The van der Waals surface area contributed by atoms with Gasteiger partial charge in [-0.3, -0.25) is 14.8 Å². The Kier molecular flexibility index (Phi) is 7.59. The van der Waals surface area contributed by atoms with Gasteiger partial charge in [0.1, 0.15) is 5.75 Å². The van der Waals surface area contributed by atoms with Crippen LogP contribution < -0.4 is 14.8 Å². The van der Waals surface area contributed by atoms with E-state index < -0.39 is 30.3 Å². The van der Waals surface area contributed by atoms with Gasteiger partial charge in [0.2, 0.25) is 15.2 Å². The zero-order valence-corrected chi connectivity index (χ0v) is 22.0. The summed E-state index contributed by atoms with van der Waals surface area (Å²) in [6.07, 6.45) is 2.51. The van der Waals surface area contributed by atoms with Crippen LogP contribution in [0, 0.1) is 6.92 Å². The monoisotopic (exact) mass is 551 g/mol. The SMILES string of the molecule is COc1ccc(S(=O)(=O)N2CCCCC2)cc1NS(=O)(=O)c1nnc(NC(=O)c2ccc(C)cc2)s1. The van der Waals surface area contributed by atoms with Gasteiger partial charge < -0.3 is 4.74 Å². The Hall–Kier alpha value is -3.07. The number of aromatic nitrogens is 2. The molecule has 2 aromatic carbocycles. The summed E-state index contributed by atoms with van der Waals surface area (Å²) in [5, 5.41) is 9.95. The molecule has 0 atom stereocenters. The first-order valence-corrected chi connectivity index (χ1v) is 14.8. The first-order valence-electron chi connectivity index (χ1n) is 11.0. The van der Waals surface area contributed by atoms with Crippen molar-refractivity contribution >= 4 is 48.1 Å². The predicted molar refractivity (Wildman–Crippen MR) is 135 cm³/mol. The Labute approximate surface area is 213 Å². The van der Waals surface area contributed by atoms with Gasteiger partial charge in [0, 0.05) is 18.7 Å². The molecule has 0 radical (unpaired) electrons. The van der Waals surface area contributed by atoms with E-state index in [2.05, 4.69) is 20.2 Å². The molecule has 4 rings (SSSR count). The van der Waals surface area contributed by atoms with Crippen LogP contribution in [0.1, 0.15) is 35.2 Å². The highest BCUT2D eigenvalue weighted by molar-refractivity contribution is 7.94. The second-order valence-electron chi connectivity index (χ2n) is 8.13. The Morgan fingerprint density at radius 2 is 1.69 bits per heavy atom. The highest BCUT2D eigenvalue weighted by Gasteiger charge is 2.28. The van der Waals surface area contributed by atoms with Crippen molar-refractivity contribution in [2.24, 2.45) is 0 Å². The molecule has 1 aliphatic rings. The third-order valence-corrected chi connectivity index (χ3v) is 10.0. The number of ether oxygens (including phenoxy) is 1. The number of hydrogen-bond acceptors (Lipinski definition) is 9. The van der Waals surface area contributed by atoms with E-state index in [0.717, 1.165) is 24.8 Å². The molecule has 1 aliphatic heterocycles. The molecule has 1 aromatic heterocycles. The zero-order chi connectivity index (χ0) is 25.9. The highest BCUT2D eigenvalue weighted by Crippen LogP contribution is 2.32. The van der Waals surface area contributed by atoms with Crippen molar-refractivity contribution in [2.75, 3.05) is 30.2 Å². The molecule has 3 aromatic rings. The van der Waals surface area contributed by atoms with Gasteiger partial charge in [0.05, 0.1) is 17.7 Å². The van der Waals surface area contributed by atoms with Crippen LogP contribution in [0.25, 0.3) is 0 Å². The fourth-order valence-electron chi connectivity index (χ4n) is 3.61. The molecule has 0 aliphatic carbocycles. The van der Waals surface area contributed by atoms with Crippen molar-refractivity contribution in [2.45, 2.75) is 35.4 Å². The van der Waals surface area contributed by atoms with E-state index in [1.165, 1.54) is 29.6 Å². The van der Waals surface area contributed by atoms with Crippen molar-refractivity contribution in [3.05, 3.63) is 53.6 Å². The number of carbonyl (C=O) groups excluding carboxylic acids is 1. The summed E-state index contributed by atoms with van der Waals surface area (Å²) < 4.78 is 60.7. The number of benzene rings is 2. The molecule has 0 unspecified atom stereocenters. The lowest BCUT2D eigenvalue weighted by molar-refractivity contribution is 0.102. The molecule has 1 saturated heterocycles. The highest BCUT2D eigenvalue weighted by atomic mass is 32.2. The van der Waals surface area contributed by atoms with Crippen LogP contribution in [0.2, 0.25) is 0 Å². The van der Waals surface area contributed by atoms with Crippen LogP contribution in [-0.4, -0.2) is 57.4 Å². The molecule has 192 valence electrons. The number of nitrogens with one attached hydrogen (secondary N) is 2. The molecule has 14 heteroatoms. The van der Waals surface area contributed by atoms with Gasteiger partial charge in [-0.05, 0) is 50.1 Å². The number of hydrogen-bond donors (Lipinski definition) is 2. The Morgan fingerprint density at radius 1 is 1.00 bits per heavy atom. The maximum absolute atomic E-state index is 13.1. The quantitative estimate of drug-likeness (QED) is 0.406. The van der Waals surface area contributed by atoms with E-state index in [-0.39, 0.29) is 21.5 Å².